The van der Waals surface area contributed by atoms with Crippen LogP contribution in [0.25, 0.3) is 0 Å². The Morgan fingerprint density at radius 3 is 2.56 bits per heavy atom. The number of nitrogens with one attached hydrogen (secondary N) is 1. The summed E-state index contributed by atoms with van der Waals surface area (Å²) in [6.07, 6.45) is 3.23. The maximum absolute atomic E-state index is 8.96. The van der Waals surface area contributed by atoms with Gasteiger partial charge in [-0.2, -0.15) is 5.26 Å². The van der Waals surface area contributed by atoms with E-state index in [9.17, 15) is 0 Å². The van der Waals surface area contributed by atoms with Gasteiger partial charge < -0.3 is 10.2 Å². The molecule has 0 spiro atoms. The molecule has 0 aliphatic heterocycles. The molecule has 0 rings (SSSR count). The van der Waals surface area contributed by atoms with Crippen molar-refractivity contribution in [3.8, 4) is 6.07 Å². The monoisotopic (exact) mass is 225 g/mol. The molecule has 0 aromatic heterocycles. The molecule has 0 amide bonds. The lowest BCUT2D eigenvalue weighted by Gasteiger charge is -2.21. The summed E-state index contributed by atoms with van der Waals surface area (Å²) in [6.45, 7) is 9.68. The first kappa shape index (κ1) is 15.4. The lowest BCUT2D eigenvalue weighted by Crippen LogP contribution is -2.33. The van der Waals surface area contributed by atoms with Gasteiger partial charge in [0.05, 0.1) is 12.1 Å². The number of hydrogen-bond acceptors (Lipinski definition) is 3. The third kappa shape index (κ3) is 7.67. The van der Waals surface area contributed by atoms with Crippen molar-refractivity contribution in [3.05, 3.63) is 0 Å². The van der Waals surface area contributed by atoms with Gasteiger partial charge in [-0.1, -0.05) is 27.2 Å². The molecule has 94 valence electrons. The predicted octanol–water partition coefficient (Wildman–Crippen LogP) is 2.25. The van der Waals surface area contributed by atoms with E-state index in [1.165, 1.54) is 6.42 Å². The van der Waals surface area contributed by atoms with E-state index in [1.54, 1.807) is 0 Å². The fraction of sp³-hybridized carbons (Fsp3) is 0.923. The largest absolute Gasteiger partial charge is 0.306 e. The van der Waals surface area contributed by atoms with Crippen molar-refractivity contribution >= 4 is 0 Å². The van der Waals surface area contributed by atoms with Gasteiger partial charge in [0.25, 0.3) is 0 Å². The van der Waals surface area contributed by atoms with Crippen LogP contribution in [0.3, 0.4) is 0 Å². The molecule has 0 radical (unpaired) electrons. The molecule has 0 aliphatic carbocycles. The van der Waals surface area contributed by atoms with Crippen LogP contribution >= 0.6 is 0 Å². The summed E-state index contributed by atoms with van der Waals surface area (Å²) >= 11 is 0. The van der Waals surface area contributed by atoms with Gasteiger partial charge in [0.15, 0.2) is 0 Å². The van der Waals surface area contributed by atoms with Crippen LogP contribution < -0.4 is 5.32 Å². The maximum Gasteiger partial charge on any atom is 0.0965 e. The van der Waals surface area contributed by atoms with Gasteiger partial charge in [-0.05, 0) is 32.4 Å². The standard InChI is InChI=1S/C13H27N3/c1-5-8-15-13(10-14)7-9-16(4)11-12(3)6-2/h12-13,15H,5-9,11H2,1-4H3. The fourth-order valence-electron chi connectivity index (χ4n) is 1.63. The van der Waals surface area contributed by atoms with Gasteiger partial charge in [0.2, 0.25) is 0 Å². The van der Waals surface area contributed by atoms with Crippen molar-refractivity contribution in [1.29, 1.82) is 5.26 Å². The van der Waals surface area contributed by atoms with Crippen LogP contribution in [0.15, 0.2) is 0 Å². The van der Waals surface area contributed by atoms with Gasteiger partial charge in [-0.3, -0.25) is 0 Å². The summed E-state index contributed by atoms with van der Waals surface area (Å²) in [5.74, 6) is 0.745. The van der Waals surface area contributed by atoms with Crippen LogP contribution in [0.2, 0.25) is 0 Å². The van der Waals surface area contributed by atoms with Crippen molar-refractivity contribution < 1.29 is 0 Å². The molecule has 1 N–H and O–H groups in total. The van der Waals surface area contributed by atoms with E-state index in [-0.39, 0.29) is 6.04 Å². The minimum absolute atomic E-state index is 0.0133. The molecule has 0 aliphatic rings. The van der Waals surface area contributed by atoms with Crippen LogP contribution in [-0.4, -0.2) is 37.6 Å². The number of hydrogen-bond donors (Lipinski definition) is 1. The fourth-order valence-corrected chi connectivity index (χ4v) is 1.63. The molecule has 0 saturated carbocycles. The molecule has 0 aromatic carbocycles. The van der Waals surface area contributed by atoms with E-state index in [1.807, 2.05) is 0 Å². The summed E-state index contributed by atoms with van der Waals surface area (Å²) in [6, 6.07) is 2.34. The molecule has 0 aromatic rings. The summed E-state index contributed by atoms with van der Waals surface area (Å²) in [4.78, 5) is 2.33. The lowest BCUT2D eigenvalue weighted by molar-refractivity contribution is 0.272. The van der Waals surface area contributed by atoms with E-state index in [0.717, 1.165) is 38.4 Å². The SMILES string of the molecule is CCCNC(C#N)CCN(C)CC(C)CC. The van der Waals surface area contributed by atoms with E-state index in [2.05, 4.69) is 44.1 Å². The molecule has 0 heterocycles. The van der Waals surface area contributed by atoms with Crippen molar-refractivity contribution in [3.63, 3.8) is 0 Å². The highest BCUT2D eigenvalue weighted by molar-refractivity contribution is 4.89. The second kappa shape index (κ2) is 9.62. The predicted molar refractivity (Wildman–Crippen MR) is 69.3 cm³/mol. The average Bonchev–Trinajstić information content (AvgIpc) is 2.29. The number of nitriles is 1. The Bertz CT molecular complexity index is 198. The summed E-state index contributed by atoms with van der Waals surface area (Å²) in [5, 5.41) is 12.2. The highest BCUT2D eigenvalue weighted by atomic mass is 15.1. The minimum atomic E-state index is 0.0133. The molecule has 0 fully saturated rings. The molecule has 2 unspecified atom stereocenters. The minimum Gasteiger partial charge on any atom is -0.306 e. The molecule has 3 heteroatoms. The highest BCUT2D eigenvalue weighted by Gasteiger charge is 2.09. The van der Waals surface area contributed by atoms with Gasteiger partial charge in [0.1, 0.15) is 0 Å². The van der Waals surface area contributed by atoms with Crippen LogP contribution in [0.1, 0.15) is 40.0 Å². The van der Waals surface area contributed by atoms with Crippen LogP contribution in [0.4, 0.5) is 0 Å². The Hall–Kier alpha value is -0.590. The maximum atomic E-state index is 8.96. The highest BCUT2D eigenvalue weighted by Crippen LogP contribution is 2.03. The zero-order chi connectivity index (χ0) is 12.4. The van der Waals surface area contributed by atoms with Crippen molar-refractivity contribution in [2.75, 3.05) is 26.7 Å². The average molecular weight is 225 g/mol. The smallest absolute Gasteiger partial charge is 0.0965 e. The Kier molecular flexibility index (Phi) is 9.27. The number of rotatable bonds is 9. The first-order valence-corrected chi connectivity index (χ1v) is 6.45. The first-order valence-electron chi connectivity index (χ1n) is 6.45. The molecule has 0 saturated heterocycles. The third-order valence-corrected chi connectivity index (χ3v) is 2.92. The third-order valence-electron chi connectivity index (χ3n) is 2.92. The topological polar surface area (TPSA) is 39.1 Å². The van der Waals surface area contributed by atoms with Gasteiger partial charge in [0, 0.05) is 13.1 Å². The quantitative estimate of drug-likeness (QED) is 0.654. The number of nitrogens with zero attached hydrogens (tertiary/aromatic N) is 2. The molecular formula is C13H27N3. The molecule has 0 bridgehead atoms. The summed E-state index contributed by atoms with van der Waals surface area (Å²) < 4.78 is 0. The zero-order valence-electron chi connectivity index (χ0n) is 11.3. The second-order valence-corrected chi connectivity index (χ2v) is 4.70. The second-order valence-electron chi connectivity index (χ2n) is 4.70. The van der Waals surface area contributed by atoms with Gasteiger partial charge in [-0.25, -0.2) is 0 Å². The normalized spacial score (nSPS) is 14.8. The van der Waals surface area contributed by atoms with Crippen molar-refractivity contribution in [2.45, 2.75) is 46.1 Å². The van der Waals surface area contributed by atoms with E-state index < -0.39 is 0 Å². The first-order chi connectivity index (χ1) is 7.63. The Morgan fingerprint density at radius 1 is 1.38 bits per heavy atom. The van der Waals surface area contributed by atoms with Crippen molar-refractivity contribution in [1.82, 2.24) is 10.2 Å². The summed E-state index contributed by atoms with van der Waals surface area (Å²) in [7, 11) is 2.14. The summed E-state index contributed by atoms with van der Waals surface area (Å²) in [5.41, 5.74) is 0. The van der Waals surface area contributed by atoms with Crippen molar-refractivity contribution in [2.24, 2.45) is 5.92 Å². The van der Waals surface area contributed by atoms with E-state index in [0.29, 0.717) is 0 Å². The van der Waals surface area contributed by atoms with Crippen LogP contribution in [-0.2, 0) is 0 Å². The Labute approximate surface area is 101 Å². The van der Waals surface area contributed by atoms with Crippen LogP contribution in [0.5, 0.6) is 0 Å². The van der Waals surface area contributed by atoms with Gasteiger partial charge >= 0.3 is 0 Å². The molecule has 2 atom stereocenters. The molecular weight excluding hydrogens is 198 g/mol. The lowest BCUT2D eigenvalue weighted by atomic mass is 10.1. The molecule has 3 nitrogen and oxygen atoms in total. The van der Waals surface area contributed by atoms with E-state index >= 15 is 0 Å². The zero-order valence-corrected chi connectivity index (χ0v) is 11.3. The Balaban J connectivity index is 3.71. The van der Waals surface area contributed by atoms with Gasteiger partial charge in [-0.15, -0.1) is 0 Å². The van der Waals surface area contributed by atoms with E-state index in [4.69, 9.17) is 5.26 Å². The Morgan fingerprint density at radius 2 is 2.06 bits per heavy atom. The molecule has 16 heavy (non-hydrogen) atoms. The van der Waals surface area contributed by atoms with Crippen LogP contribution in [0, 0.1) is 17.2 Å².